The minimum absolute atomic E-state index is 0.250. The molecule has 0 aliphatic heterocycles. The first-order chi connectivity index (χ1) is 13.7. The number of aromatic nitrogens is 6. The van der Waals surface area contributed by atoms with E-state index in [4.69, 9.17) is 22.3 Å². The number of fused-ring (bicyclic) bond motifs is 1. The van der Waals surface area contributed by atoms with Crippen molar-refractivity contribution in [1.82, 2.24) is 29.3 Å². The van der Waals surface area contributed by atoms with Crippen molar-refractivity contribution in [2.24, 2.45) is 0 Å². The summed E-state index contributed by atoms with van der Waals surface area (Å²) in [7, 11) is 0. The Balaban J connectivity index is 1.92. The highest BCUT2D eigenvalue weighted by molar-refractivity contribution is 6.33. The molecule has 5 aromatic rings. The highest BCUT2D eigenvalue weighted by Gasteiger charge is 2.21. The van der Waals surface area contributed by atoms with Crippen LogP contribution in [0.2, 0.25) is 5.02 Å². The summed E-state index contributed by atoms with van der Waals surface area (Å²) >= 11 is 6.48. The molecule has 0 bridgehead atoms. The molecule has 0 aliphatic rings. The van der Waals surface area contributed by atoms with Crippen LogP contribution in [0.15, 0.2) is 73.3 Å². The van der Waals surface area contributed by atoms with Crippen LogP contribution in [0, 0.1) is 0 Å². The molecule has 2 aromatic carbocycles. The lowest BCUT2D eigenvalue weighted by Crippen LogP contribution is -2.10. The monoisotopic (exact) mass is 387 g/mol. The maximum atomic E-state index is 6.48. The Kier molecular flexibility index (Phi) is 3.80. The quantitative estimate of drug-likeness (QED) is 0.507. The van der Waals surface area contributed by atoms with Crippen LogP contribution in [-0.4, -0.2) is 29.3 Å². The Hall–Kier alpha value is -3.71. The van der Waals surface area contributed by atoms with Crippen LogP contribution in [0.5, 0.6) is 0 Å². The van der Waals surface area contributed by atoms with Crippen molar-refractivity contribution in [2.45, 2.75) is 0 Å². The topological polar surface area (TPSA) is 87.4 Å². The van der Waals surface area contributed by atoms with Gasteiger partial charge >= 0.3 is 0 Å². The number of nitrogen functional groups attached to an aromatic ring is 1. The SMILES string of the molecule is Nc1ncnn1-c1nc2cncc(-c3ccccc3Cl)c2n1-c1ccccc1. The van der Waals surface area contributed by atoms with Crippen LogP contribution in [0.3, 0.4) is 0 Å². The van der Waals surface area contributed by atoms with Crippen LogP contribution in [0.4, 0.5) is 5.95 Å². The van der Waals surface area contributed by atoms with Gasteiger partial charge < -0.3 is 5.73 Å². The molecule has 8 heteroatoms. The van der Waals surface area contributed by atoms with Crippen molar-refractivity contribution < 1.29 is 0 Å². The van der Waals surface area contributed by atoms with Crippen LogP contribution in [0.1, 0.15) is 0 Å². The van der Waals surface area contributed by atoms with Gasteiger partial charge in [-0.25, -0.2) is 4.98 Å². The van der Waals surface area contributed by atoms with Crippen molar-refractivity contribution in [2.75, 3.05) is 5.73 Å². The minimum atomic E-state index is 0.250. The van der Waals surface area contributed by atoms with E-state index >= 15 is 0 Å². The van der Waals surface area contributed by atoms with E-state index in [0.29, 0.717) is 16.5 Å². The minimum Gasteiger partial charge on any atom is -0.368 e. The first-order valence-corrected chi connectivity index (χ1v) is 8.94. The van der Waals surface area contributed by atoms with E-state index in [1.54, 1.807) is 12.4 Å². The third-order valence-corrected chi connectivity index (χ3v) is 4.81. The fourth-order valence-electron chi connectivity index (χ4n) is 3.26. The lowest BCUT2D eigenvalue weighted by molar-refractivity contribution is 0.804. The maximum Gasteiger partial charge on any atom is 0.239 e. The summed E-state index contributed by atoms with van der Waals surface area (Å²) in [4.78, 5) is 13.1. The summed E-state index contributed by atoms with van der Waals surface area (Å²) in [5, 5.41) is 4.88. The smallest absolute Gasteiger partial charge is 0.239 e. The lowest BCUT2D eigenvalue weighted by Gasteiger charge is -2.12. The number of nitrogens with two attached hydrogens (primary N) is 1. The Morgan fingerprint density at radius 2 is 1.68 bits per heavy atom. The highest BCUT2D eigenvalue weighted by Crippen LogP contribution is 2.35. The zero-order valence-electron chi connectivity index (χ0n) is 14.6. The summed E-state index contributed by atoms with van der Waals surface area (Å²) in [5.41, 5.74) is 10.2. The summed E-state index contributed by atoms with van der Waals surface area (Å²) in [5.74, 6) is 0.775. The van der Waals surface area contributed by atoms with Crippen LogP contribution >= 0.6 is 11.6 Å². The molecule has 3 heterocycles. The first-order valence-electron chi connectivity index (χ1n) is 8.56. The summed E-state index contributed by atoms with van der Waals surface area (Å²) in [6.07, 6.45) is 4.90. The van der Waals surface area contributed by atoms with Gasteiger partial charge in [-0.1, -0.05) is 48.0 Å². The van der Waals surface area contributed by atoms with E-state index in [1.165, 1.54) is 11.0 Å². The Bertz CT molecular complexity index is 1290. The number of pyridine rings is 1. The van der Waals surface area contributed by atoms with E-state index in [2.05, 4.69) is 15.1 Å². The zero-order valence-corrected chi connectivity index (χ0v) is 15.3. The van der Waals surface area contributed by atoms with Gasteiger partial charge in [0.15, 0.2) is 0 Å². The van der Waals surface area contributed by atoms with Gasteiger partial charge in [0.1, 0.15) is 11.8 Å². The Morgan fingerprint density at radius 3 is 2.43 bits per heavy atom. The van der Waals surface area contributed by atoms with E-state index < -0.39 is 0 Å². The standard InChI is InChI=1S/C20H14ClN7/c21-16-9-5-4-8-14(16)15-10-23-11-17-18(15)27(13-6-2-1-3-7-13)20(26-17)28-19(22)24-12-25-28/h1-12H,(H2,22,24,25). The van der Waals surface area contributed by atoms with Gasteiger partial charge in [0, 0.05) is 28.0 Å². The number of halogens is 1. The van der Waals surface area contributed by atoms with Gasteiger partial charge in [0.2, 0.25) is 11.9 Å². The summed E-state index contributed by atoms with van der Waals surface area (Å²) < 4.78 is 3.49. The molecule has 0 aliphatic carbocycles. The van der Waals surface area contributed by atoms with Crippen LogP contribution in [-0.2, 0) is 0 Å². The fraction of sp³-hybridized carbons (Fsp3) is 0. The molecule has 136 valence electrons. The number of nitrogens with zero attached hydrogens (tertiary/aromatic N) is 6. The third kappa shape index (κ3) is 2.52. The van der Waals surface area contributed by atoms with Crippen LogP contribution < -0.4 is 5.73 Å². The molecule has 0 fully saturated rings. The molecular formula is C20H14ClN7. The predicted octanol–water partition coefficient (Wildman–Crippen LogP) is 3.90. The highest BCUT2D eigenvalue weighted by atomic mass is 35.5. The molecule has 0 amide bonds. The van der Waals surface area contributed by atoms with Gasteiger partial charge in [-0.3, -0.25) is 9.55 Å². The summed E-state index contributed by atoms with van der Waals surface area (Å²) in [6.45, 7) is 0. The van der Waals surface area contributed by atoms with Gasteiger partial charge in [-0.15, -0.1) is 0 Å². The van der Waals surface area contributed by atoms with Crippen molar-refractivity contribution in [3.63, 3.8) is 0 Å². The van der Waals surface area contributed by atoms with E-state index in [9.17, 15) is 0 Å². The molecule has 7 nitrogen and oxygen atoms in total. The molecule has 0 saturated carbocycles. The molecule has 0 unspecified atom stereocenters. The number of anilines is 1. The molecular weight excluding hydrogens is 374 g/mol. The van der Waals surface area contributed by atoms with Crippen LogP contribution in [0.25, 0.3) is 33.8 Å². The zero-order chi connectivity index (χ0) is 19.1. The van der Waals surface area contributed by atoms with Crippen molar-refractivity contribution in [3.8, 4) is 22.8 Å². The Labute approximate surface area is 165 Å². The second-order valence-electron chi connectivity index (χ2n) is 6.15. The predicted molar refractivity (Wildman–Crippen MR) is 109 cm³/mol. The van der Waals surface area contributed by atoms with Gasteiger partial charge in [0.05, 0.1) is 11.7 Å². The molecule has 0 spiro atoms. The molecule has 0 saturated heterocycles. The average molecular weight is 388 g/mol. The largest absolute Gasteiger partial charge is 0.368 e. The lowest BCUT2D eigenvalue weighted by atomic mass is 10.1. The van der Waals surface area contributed by atoms with Crippen molar-refractivity contribution >= 4 is 28.6 Å². The second kappa shape index (κ2) is 6.47. The summed E-state index contributed by atoms with van der Waals surface area (Å²) in [6, 6.07) is 17.5. The van der Waals surface area contributed by atoms with Gasteiger partial charge in [0.25, 0.3) is 0 Å². The Morgan fingerprint density at radius 1 is 0.893 bits per heavy atom. The normalized spacial score (nSPS) is 11.2. The average Bonchev–Trinajstić information content (AvgIpc) is 3.32. The number of benzene rings is 2. The molecule has 0 radical (unpaired) electrons. The first kappa shape index (κ1) is 16.5. The number of hydrogen-bond donors (Lipinski definition) is 1. The van der Waals surface area contributed by atoms with Crippen molar-refractivity contribution in [3.05, 3.63) is 78.3 Å². The number of imidazole rings is 1. The van der Waals surface area contributed by atoms with Gasteiger partial charge in [-0.2, -0.15) is 14.8 Å². The molecule has 2 N–H and O–H groups in total. The maximum absolute atomic E-state index is 6.48. The molecule has 0 atom stereocenters. The van der Waals surface area contributed by atoms with Gasteiger partial charge in [-0.05, 0) is 18.2 Å². The number of rotatable bonds is 3. The fourth-order valence-corrected chi connectivity index (χ4v) is 3.50. The number of hydrogen-bond acceptors (Lipinski definition) is 5. The molecule has 3 aromatic heterocycles. The second-order valence-corrected chi connectivity index (χ2v) is 6.55. The molecule has 5 rings (SSSR count). The van der Waals surface area contributed by atoms with E-state index in [-0.39, 0.29) is 5.95 Å². The molecule has 28 heavy (non-hydrogen) atoms. The third-order valence-electron chi connectivity index (χ3n) is 4.48. The van der Waals surface area contributed by atoms with E-state index in [0.717, 1.165) is 22.3 Å². The number of para-hydroxylation sites is 1. The van der Waals surface area contributed by atoms with Crippen molar-refractivity contribution in [1.29, 1.82) is 0 Å². The van der Waals surface area contributed by atoms with E-state index in [1.807, 2.05) is 59.2 Å².